The van der Waals surface area contributed by atoms with Gasteiger partial charge in [0.25, 0.3) is 10.0 Å². The minimum Gasteiger partial charge on any atom is -0.419 e. The lowest BCUT2D eigenvalue weighted by Gasteiger charge is -2.11. The van der Waals surface area contributed by atoms with E-state index < -0.39 is 10.0 Å². The summed E-state index contributed by atoms with van der Waals surface area (Å²) in [6.45, 7) is 1.79. The summed E-state index contributed by atoms with van der Waals surface area (Å²) in [5.74, 6) is 0.437. The molecular weight excluding hydrogens is 445 g/mol. The number of aryl methyl sites for hydroxylation is 1. The number of hydrogen-bond acceptors (Lipinski definition) is 5. The number of nitrogens with zero attached hydrogens (tertiary/aromatic N) is 2. The van der Waals surface area contributed by atoms with Gasteiger partial charge in [0.15, 0.2) is 0 Å². The van der Waals surface area contributed by atoms with Crippen LogP contribution < -0.4 is 9.46 Å². The van der Waals surface area contributed by atoms with Crippen molar-refractivity contribution >= 4 is 49.7 Å². The topological polar surface area (TPSA) is 81.2 Å². The molecule has 0 amide bonds. The molecule has 2 aromatic carbocycles. The lowest BCUT2D eigenvalue weighted by atomic mass is 10.2. The zero-order valence-corrected chi connectivity index (χ0v) is 18.0. The number of nitrogens with one attached hydrogen (secondary N) is 1. The molecule has 6 nitrogen and oxygen atoms in total. The van der Waals surface area contributed by atoms with Crippen LogP contribution in [0.25, 0.3) is 10.8 Å². The molecule has 0 bridgehead atoms. The Kier molecular flexibility index (Phi) is 5.51. The molecular formula is C21H15Cl2N3O3S. The van der Waals surface area contributed by atoms with Crippen LogP contribution >= 0.6 is 23.2 Å². The first-order valence-electron chi connectivity index (χ1n) is 8.79. The van der Waals surface area contributed by atoms with E-state index in [9.17, 15) is 8.42 Å². The Labute approximate surface area is 183 Å². The summed E-state index contributed by atoms with van der Waals surface area (Å²) in [6, 6.07) is 15.4. The number of rotatable bonds is 5. The van der Waals surface area contributed by atoms with Crippen molar-refractivity contribution in [2.24, 2.45) is 0 Å². The van der Waals surface area contributed by atoms with Gasteiger partial charge in [-0.05, 0) is 36.1 Å². The van der Waals surface area contributed by atoms with Gasteiger partial charge in [-0.3, -0.25) is 4.72 Å². The van der Waals surface area contributed by atoms with Crippen LogP contribution in [0.3, 0.4) is 0 Å². The standard InChI is InChI=1S/C21H15Cl2N3O3S/c1-13-6-7-17(10-18(13)22)30(27,28)26-16-9-19(23)21(25-12-16)29-20-8-14-4-2-3-5-15(14)11-24-20/h2-12,26H,1H3. The fourth-order valence-electron chi connectivity index (χ4n) is 2.73. The Morgan fingerprint density at radius 2 is 1.67 bits per heavy atom. The minimum absolute atomic E-state index is 0.0370. The molecule has 1 N–H and O–H groups in total. The highest BCUT2D eigenvalue weighted by atomic mass is 35.5. The predicted octanol–water partition coefficient (Wildman–Crippen LogP) is 5.84. The van der Waals surface area contributed by atoms with Crippen LogP contribution in [0, 0.1) is 6.92 Å². The first-order chi connectivity index (χ1) is 14.3. The number of halogens is 2. The van der Waals surface area contributed by atoms with Gasteiger partial charge in [0, 0.05) is 22.7 Å². The zero-order chi connectivity index (χ0) is 21.3. The van der Waals surface area contributed by atoms with Gasteiger partial charge in [0.2, 0.25) is 11.8 Å². The average molecular weight is 460 g/mol. The van der Waals surface area contributed by atoms with E-state index in [4.69, 9.17) is 27.9 Å². The van der Waals surface area contributed by atoms with Gasteiger partial charge in [-0.15, -0.1) is 0 Å². The number of sulfonamides is 1. The number of ether oxygens (including phenoxy) is 1. The van der Waals surface area contributed by atoms with Gasteiger partial charge in [0.05, 0.1) is 16.8 Å². The molecule has 0 atom stereocenters. The first kappa shape index (κ1) is 20.4. The second-order valence-electron chi connectivity index (χ2n) is 6.50. The highest BCUT2D eigenvalue weighted by Crippen LogP contribution is 2.30. The molecule has 0 saturated heterocycles. The molecule has 0 aliphatic carbocycles. The third-order valence-corrected chi connectivity index (χ3v) is 6.38. The van der Waals surface area contributed by atoms with E-state index in [2.05, 4.69) is 14.7 Å². The maximum atomic E-state index is 12.6. The molecule has 9 heteroatoms. The van der Waals surface area contributed by atoms with Crippen molar-refractivity contribution < 1.29 is 13.2 Å². The predicted molar refractivity (Wildman–Crippen MR) is 118 cm³/mol. The van der Waals surface area contributed by atoms with E-state index in [0.717, 1.165) is 16.3 Å². The molecule has 0 fully saturated rings. The van der Waals surface area contributed by atoms with Gasteiger partial charge in [-0.25, -0.2) is 18.4 Å². The number of fused-ring (bicyclic) bond motifs is 1. The highest BCUT2D eigenvalue weighted by Gasteiger charge is 2.17. The third-order valence-electron chi connectivity index (χ3n) is 4.32. The fraction of sp³-hybridized carbons (Fsp3) is 0.0476. The summed E-state index contributed by atoms with van der Waals surface area (Å²) in [4.78, 5) is 8.39. The number of pyridine rings is 2. The second kappa shape index (κ2) is 8.10. The van der Waals surface area contributed by atoms with Crippen LogP contribution in [0.4, 0.5) is 5.69 Å². The summed E-state index contributed by atoms with van der Waals surface area (Å²) in [7, 11) is -3.85. The van der Waals surface area contributed by atoms with Gasteiger partial charge in [-0.2, -0.15) is 0 Å². The Bertz CT molecular complexity index is 1360. The summed E-state index contributed by atoms with van der Waals surface area (Å²) in [5, 5.41) is 2.43. The van der Waals surface area contributed by atoms with E-state index in [1.165, 1.54) is 24.4 Å². The van der Waals surface area contributed by atoms with Crippen LogP contribution in [0.15, 0.2) is 71.9 Å². The fourth-order valence-corrected chi connectivity index (χ4v) is 4.24. The van der Waals surface area contributed by atoms with Crippen LogP contribution in [-0.2, 0) is 10.0 Å². The third kappa shape index (κ3) is 4.33. The Morgan fingerprint density at radius 3 is 2.40 bits per heavy atom. The smallest absolute Gasteiger partial charge is 0.261 e. The highest BCUT2D eigenvalue weighted by molar-refractivity contribution is 7.92. The van der Waals surface area contributed by atoms with Crippen molar-refractivity contribution in [2.75, 3.05) is 4.72 Å². The molecule has 0 aliphatic rings. The van der Waals surface area contributed by atoms with Crippen LogP contribution in [-0.4, -0.2) is 18.4 Å². The van der Waals surface area contributed by atoms with Gasteiger partial charge >= 0.3 is 0 Å². The van der Waals surface area contributed by atoms with Crippen molar-refractivity contribution in [3.8, 4) is 11.8 Å². The normalized spacial score (nSPS) is 11.4. The summed E-state index contributed by atoms with van der Waals surface area (Å²) < 4.78 is 33.3. The largest absolute Gasteiger partial charge is 0.419 e. The van der Waals surface area contributed by atoms with E-state index in [-0.39, 0.29) is 21.5 Å². The van der Waals surface area contributed by atoms with Gasteiger partial charge in [0.1, 0.15) is 5.02 Å². The van der Waals surface area contributed by atoms with Crippen molar-refractivity contribution in [2.45, 2.75) is 11.8 Å². The summed E-state index contributed by atoms with van der Waals surface area (Å²) >= 11 is 12.3. The maximum absolute atomic E-state index is 12.6. The molecule has 0 unspecified atom stereocenters. The minimum atomic E-state index is -3.85. The lowest BCUT2D eigenvalue weighted by Crippen LogP contribution is -2.13. The molecule has 4 rings (SSSR count). The second-order valence-corrected chi connectivity index (χ2v) is 9.00. The average Bonchev–Trinajstić information content (AvgIpc) is 2.71. The Balaban J connectivity index is 1.55. The zero-order valence-electron chi connectivity index (χ0n) is 15.6. The number of benzene rings is 2. The van der Waals surface area contributed by atoms with Crippen molar-refractivity contribution in [3.63, 3.8) is 0 Å². The van der Waals surface area contributed by atoms with Gasteiger partial charge < -0.3 is 4.74 Å². The lowest BCUT2D eigenvalue weighted by molar-refractivity contribution is 0.446. The van der Waals surface area contributed by atoms with Crippen LogP contribution in [0.5, 0.6) is 11.8 Å². The first-order valence-corrected chi connectivity index (χ1v) is 11.0. The van der Waals surface area contributed by atoms with E-state index in [1.807, 2.05) is 24.3 Å². The van der Waals surface area contributed by atoms with Crippen LogP contribution in [0.1, 0.15) is 5.56 Å². The molecule has 0 saturated carbocycles. The number of aromatic nitrogens is 2. The van der Waals surface area contributed by atoms with E-state index >= 15 is 0 Å². The molecule has 152 valence electrons. The van der Waals surface area contributed by atoms with Crippen molar-refractivity contribution in [3.05, 3.63) is 82.6 Å². The summed E-state index contributed by atoms with van der Waals surface area (Å²) in [6.07, 6.45) is 3.00. The van der Waals surface area contributed by atoms with Crippen molar-refractivity contribution in [1.29, 1.82) is 0 Å². The monoisotopic (exact) mass is 459 g/mol. The molecule has 0 aliphatic heterocycles. The number of anilines is 1. The summed E-state index contributed by atoms with van der Waals surface area (Å²) in [5.41, 5.74) is 0.972. The molecule has 0 radical (unpaired) electrons. The van der Waals surface area contributed by atoms with Crippen LogP contribution in [0.2, 0.25) is 10.0 Å². The quantitative estimate of drug-likeness (QED) is 0.405. The molecule has 0 spiro atoms. The SMILES string of the molecule is Cc1ccc(S(=O)(=O)Nc2cnc(Oc3cc4ccccc4cn3)c(Cl)c2)cc1Cl. The Hall–Kier alpha value is -2.87. The molecule has 4 aromatic rings. The number of hydrogen-bond donors (Lipinski definition) is 1. The van der Waals surface area contributed by atoms with Crippen molar-refractivity contribution in [1.82, 2.24) is 9.97 Å². The van der Waals surface area contributed by atoms with Gasteiger partial charge in [-0.1, -0.05) is 53.5 Å². The molecule has 2 heterocycles. The van der Waals surface area contributed by atoms with E-state index in [0.29, 0.717) is 10.9 Å². The maximum Gasteiger partial charge on any atom is 0.261 e. The molecule has 2 aromatic heterocycles. The van der Waals surface area contributed by atoms with E-state index in [1.54, 1.807) is 25.3 Å². The Morgan fingerprint density at radius 1 is 0.900 bits per heavy atom. The molecule has 30 heavy (non-hydrogen) atoms.